The van der Waals surface area contributed by atoms with Crippen molar-refractivity contribution in [1.82, 2.24) is 5.16 Å². The van der Waals surface area contributed by atoms with Crippen LogP contribution in [0.3, 0.4) is 0 Å². The average molecular weight is 292 g/mol. The van der Waals surface area contributed by atoms with Crippen molar-refractivity contribution in [3.05, 3.63) is 46.8 Å². The summed E-state index contributed by atoms with van der Waals surface area (Å²) in [6.45, 7) is 1.95. The quantitative estimate of drug-likeness (QED) is 0.768. The molecule has 102 valence electrons. The Bertz CT molecular complexity index is 779. The Morgan fingerprint density at radius 3 is 2.65 bits per heavy atom. The molecule has 0 aliphatic rings. The number of thiophene rings is 1. The van der Waals surface area contributed by atoms with Crippen molar-refractivity contribution in [3.63, 3.8) is 0 Å². The largest absolute Gasteiger partial charge is 0.367 e. The SMILES string of the molecule is Cc1ccc(-c2noc(N)c2-c2ccc(F)cc2F)s1. The van der Waals surface area contributed by atoms with Gasteiger partial charge in [0.05, 0.1) is 10.4 Å². The standard InChI is InChI=1S/C14H10F2N2OS/c1-7-2-5-11(20-7)13-12(14(17)19-18-13)9-4-3-8(15)6-10(9)16/h2-6H,17H2,1H3. The van der Waals surface area contributed by atoms with E-state index in [0.29, 0.717) is 11.3 Å². The minimum Gasteiger partial charge on any atom is -0.367 e. The first-order chi connectivity index (χ1) is 9.56. The number of hydrogen-bond acceptors (Lipinski definition) is 4. The highest BCUT2D eigenvalue weighted by atomic mass is 32.1. The van der Waals surface area contributed by atoms with Crippen molar-refractivity contribution in [2.75, 3.05) is 5.73 Å². The monoisotopic (exact) mass is 292 g/mol. The number of anilines is 1. The number of nitrogens with two attached hydrogens (primary N) is 1. The number of halogens is 2. The van der Waals surface area contributed by atoms with Gasteiger partial charge in [-0.05, 0) is 31.2 Å². The van der Waals surface area contributed by atoms with Crippen molar-refractivity contribution in [1.29, 1.82) is 0 Å². The van der Waals surface area contributed by atoms with E-state index in [0.717, 1.165) is 15.8 Å². The molecule has 20 heavy (non-hydrogen) atoms. The van der Waals surface area contributed by atoms with Gasteiger partial charge in [-0.1, -0.05) is 5.16 Å². The molecule has 0 aliphatic carbocycles. The molecule has 0 saturated carbocycles. The zero-order valence-electron chi connectivity index (χ0n) is 10.5. The second-order valence-corrected chi connectivity index (χ2v) is 5.59. The fraction of sp³-hybridized carbons (Fsp3) is 0.0714. The summed E-state index contributed by atoms with van der Waals surface area (Å²) >= 11 is 1.50. The second kappa shape index (κ2) is 4.72. The van der Waals surface area contributed by atoms with E-state index in [-0.39, 0.29) is 11.4 Å². The number of nitrogens with zero attached hydrogens (tertiary/aromatic N) is 1. The number of hydrogen-bond donors (Lipinski definition) is 1. The summed E-state index contributed by atoms with van der Waals surface area (Å²) in [5.74, 6) is -1.33. The van der Waals surface area contributed by atoms with Crippen LogP contribution < -0.4 is 5.73 Å². The fourth-order valence-corrected chi connectivity index (χ4v) is 2.84. The van der Waals surface area contributed by atoms with Crippen LogP contribution in [0.25, 0.3) is 21.7 Å². The van der Waals surface area contributed by atoms with E-state index in [1.54, 1.807) is 0 Å². The lowest BCUT2D eigenvalue weighted by atomic mass is 10.0. The van der Waals surface area contributed by atoms with Crippen molar-refractivity contribution >= 4 is 17.2 Å². The molecule has 0 amide bonds. The summed E-state index contributed by atoms with van der Waals surface area (Å²) in [7, 11) is 0. The molecule has 0 bridgehead atoms. The fourth-order valence-electron chi connectivity index (χ4n) is 1.99. The third kappa shape index (κ3) is 2.08. The topological polar surface area (TPSA) is 52.0 Å². The zero-order chi connectivity index (χ0) is 14.3. The summed E-state index contributed by atoms with van der Waals surface area (Å²) in [6, 6.07) is 7.11. The lowest BCUT2D eigenvalue weighted by Gasteiger charge is -2.03. The molecule has 0 spiro atoms. The van der Waals surface area contributed by atoms with E-state index in [2.05, 4.69) is 5.16 Å². The maximum absolute atomic E-state index is 13.9. The van der Waals surface area contributed by atoms with Crippen molar-refractivity contribution in [3.8, 4) is 21.7 Å². The molecule has 0 atom stereocenters. The van der Waals surface area contributed by atoms with E-state index >= 15 is 0 Å². The van der Waals surface area contributed by atoms with Gasteiger partial charge in [0.25, 0.3) is 0 Å². The number of benzene rings is 1. The van der Waals surface area contributed by atoms with Gasteiger partial charge in [-0.25, -0.2) is 8.78 Å². The zero-order valence-corrected chi connectivity index (χ0v) is 11.3. The molecule has 0 unspecified atom stereocenters. The van der Waals surface area contributed by atoms with Gasteiger partial charge in [0.1, 0.15) is 17.3 Å². The summed E-state index contributed by atoms with van der Waals surface area (Å²) < 4.78 is 31.9. The van der Waals surface area contributed by atoms with E-state index in [4.69, 9.17) is 10.3 Å². The summed E-state index contributed by atoms with van der Waals surface area (Å²) in [4.78, 5) is 1.91. The van der Waals surface area contributed by atoms with Crippen LogP contribution in [0.1, 0.15) is 4.88 Å². The van der Waals surface area contributed by atoms with Gasteiger partial charge >= 0.3 is 0 Å². The Balaban J connectivity index is 2.21. The van der Waals surface area contributed by atoms with Crippen LogP contribution in [0.15, 0.2) is 34.9 Å². The maximum atomic E-state index is 13.9. The van der Waals surface area contributed by atoms with E-state index in [1.165, 1.54) is 23.5 Å². The van der Waals surface area contributed by atoms with Gasteiger partial charge in [-0.15, -0.1) is 11.3 Å². The van der Waals surface area contributed by atoms with Gasteiger partial charge < -0.3 is 10.3 Å². The van der Waals surface area contributed by atoms with Crippen molar-refractivity contribution in [2.24, 2.45) is 0 Å². The molecule has 0 fully saturated rings. The summed E-state index contributed by atoms with van der Waals surface area (Å²) in [6.07, 6.45) is 0. The summed E-state index contributed by atoms with van der Waals surface area (Å²) in [5, 5.41) is 3.89. The highest BCUT2D eigenvalue weighted by Gasteiger charge is 2.21. The second-order valence-electron chi connectivity index (χ2n) is 4.30. The van der Waals surface area contributed by atoms with Crippen LogP contribution >= 0.6 is 11.3 Å². The molecular weight excluding hydrogens is 282 g/mol. The van der Waals surface area contributed by atoms with Crippen molar-refractivity contribution in [2.45, 2.75) is 6.92 Å². The molecule has 0 radical (unpaired) electrons. The lowest BCUT2D eigenvalue weighted by Crippen LogP contribution is -1.91. The molecule has 2 aromatic heterocycles. The number of aryl methyl sites for hydroxylation is 1. The molecular formula is C14H10F2N2OS. The van der Waals surface area contributed by atoms with Gasteiger partial charge in [0.2, 0.25) is 5.88 Å². The molecule has 3 aromatic rings. The van der Waals surface area contributed by atoms with E-state index in [9.17, 15) is 8.78 Å². The van der Waals surface area contributed by atoms with Gasteiger partial charge in [0, 0.05) is 16.5 Å². The van der Waals surface area contributed by atoms with Crippen LogP contribution in [0, 0.1) is 18.6 Å². The van der Waals surface area contributed by atoms with Gasteiger partial charge in [0.15, 0.2) is 0 Å². The van der Waals surface area contributed by atoms with Crippen LogP contribution in [-0.4, -0.2) is 5.16 Å². The molecule has 2 heterocycles. The molecule has 3 nitrogen and oxygen atoms in total. The Labute approximate surface area is 117 Å². The first kappa shape index (κ1) is 12.8. The van der Waals surface area contributed by atoms with Crippen LogP contribution in [0.4, 0.5) is 14.7 Å². The van der Waals surface area contributed by atoms with E-state index in [1.807, 2.05) is 19.1 Å². The normalized spacial score (nSPS) is 10.9. The minimum atomic E-state index is -0.700. The summed E-state index contributed by atoms with van der Waals surface area (Å²) in [5.41, 5.74) is 6.73. The van der Waals surface area contributed by atoms with Crippen LogP contribution in [0.2, 0.25) is 0 Å². The van der Waals surface area contributed by atoms with Crippen molar-refractivity contribution < 1.29 is 13.3 Å². The third-order valence-corrected chi connectivity index (χ3v) is 3.90. The molecule has 0 aliphatic heterocycles. The Morgan fingerprint density at radius 2 is 2.00 bits per heavy atom. The Morgan fingerprint density at radius 1 is 1.20 bits per heavy atom. The number of rotatable bonds is 2. The number of aromatic nitrogens is 1. The smallest absolute Gasteiger partial charge is 0.230 e. The lowest BCUT2D eigenvalue weighted by molar-refractivity contribution is 0.439. The highest BCUT2D eigenvalue weighted by molar-refractivity contribution is 7.15. The minimum absolute atomic E-state index is 0.0107. The first-order valence-electron chi connectivity index (χ1n) is 5.83. The molecule has 1 aromatic carbocycles. The molecule has 6 heteroatoms. The predicted octanol–water partition coefficient (Wildman–Crippen LogP) is 4.24. The predicted molar refractivity (Wildman–Crippen MR) is 74.3 cm³/mol. The Kier molecular flexibility index (Phi) is 3.02. The maximum Gasteiger partial charge on any atom is 0.230 e. The van der Waals surface area contributed by atoms with E-state index < -0.39 is 11.6 Å². The number of nitrogen functional groups attached to an aromatic ring is 1. The highest BCUT2D eigenvalue weighted by Crippen LogP contribution is 2.39. The molecule has 2 N–H and O–H groups in total. The molecule has 0 saturated heterocycles. The van der Waals surface area contributed by atoms with Gasteiger partial charge in [-0.2, -0.15) is 0 Å². The third-order valence-electron chi connectivity index (χ3n) is 2.89. The van der Waals surface area contributed by atoms with Gasteiger partial charge in [-0.3, -0.25) is 0 Å². The average Bonchev–Trinajstić information content (AvgIpc) is 2.96. The first-order valence-corrected chi connectivity index (χ1v) is 6.65. The van der Waals surface area contributed by atoms with Crippen LogP contribution in [-0.2, 0) is 0 Å². The Hall–Kier alpha value is -2.21. The van der Waals surface area contributed by atoms with Crippen LogP contribution in [0.5, 0.6) is 0 Å². The molecule has 3 rings (SSSR count).